The number of likely N-dealkylation sites (tertiary alicyclic amines) is 1. The Bertz CT molecular complexity index is 558. The Hall–Kier alpha value is -1.42. The van der Waals surface area contributed by atoms with E-state index in [2.05, 4.69) is 21.8 Å². The largest absolute Gasteiger partial charge is 0.342 e. The number of aromatic nitrogens is 2. The summed E-state index contributed by atoms with van der Waals surface area (Å²) in [6.07, 6.45) is 3.93. The molecule has 0 spiro atoms. The van der Waals surface area contributed by atoms with Crippen molar-refractivity contribution in [2.24, 2.45) is 0 Å². The van der Waals surface area contributed by atoms with E-state index in [1.165, 1.54) is 38.4 Å². The second kappa shape index (κ2) is 5.29. The molecule has 3 nitrogen and oxygen atoms in total. The molecule has 0 radical (unpaired) electrons. The molecule has 4 heteroatoms. The van der Waals surface area contributed by atoms with Crippen LogP contribution in [0.2, 0.25) is 0 Å². The number of fused-ring (bicyclic) bond motifs is 1. The van der Waals surface area contributed by atoms with Crippen LogP contribution in [0.1, 0.15) is 37.9 Å². The third-order valence-electron chi connectivity index (χ3n) is 3.93. The highest BCUT2D eigenvalue weighted by Gasteiger charge is 2.17. The number of rotatable bonds is 3. The molecule has 1 N–H and O–H groups in total. The highest BCUT2D eigenvalue weighted by Crippen LogP contribution is 2.21. The first-order valence-electron chi connectivity index (χ1n) is 7.10. The Morgan fingerprint density at radius 1 is 1.32 bits per heavy atom. The molecule has 1 aromatic carbocycles. The summed E-state index contributed by atoms with van der Waals surface area (Å²) in [7, 11) is 0. The van der Waals surface area contributed by atoms with Gasteiger partial charge in [-0.3, -0.25) is 0 Å². The van der Waals surface area contributed by atoms with E-state index in [-0.39, 0.29) is 5.82 Å². The van der Waals surface area contributed by atoms with Crippen LogP contribution in [0.3, 0.4) is 0 Å². The first kappa shape index (κ1) is 12.6. The van der Waals surface area contributed by atoms with Gasteiger partial charge in [0, 0.05) is 12.5 Å². The number of hydrogen-bond acceptors (Lipinski definition) is 2. The third kappa shape index (κ3) is 2.63. The van der Waals surface area contributed by atoms with Crippen LogP contribution in [-0.4, -0.2) is 34.5 Å². The average molecular weight is 261 g/mol. The van der Waals surface area contributed by atoms with E-state index in [1.807, 2.05) is 6.07 Å². The van der Waals surface area contributed by atoms with E-state index >= 15 is 0 Å². The number of nitrogens with zero attached hydrogens (tertiary/aromatic N) is 2. The molecular weight excluding hydrogens is 241 g/mol. The first-order chi connectivity index (χ1) is 9.24. The standard InChI is InChI=1S/C15H20FN3/c1-11(10-19-8-3-2-4-9-19)15-17-13-7-5-6-12(16)14(13)18-15/h5-7,11H,2-4,8-10H2,1H3,(H,17,18)/t11-/m1/s1. The van der Waals surface area contributed by atoms with Gasteiger partial charge in [0.15, 0.2) is 5.82 Å². The van der Waals surface area contributed by atoms with E-state index < -0.39 is 0 Å². The van der Waals surface area contributed by atoms with Crippen molar-refractivity contribution in [2.45, 2.75) is 32.1 Å². The number of halogens is 1. The maximum Gasteiger partial charge on any atom is 0.151 e. The van der Waals surface area contributed by atoms with Crippen molar-refractivity contribution < 1.29 is 4.39 Å². The monoisotopic (exact) mass is 261 g/mol. The summed E-state index contributed by atoms with van der Waals surface area (Å²) < 4.78 is 13.6. The van der Waals surface area contributed by atoms with Crippen molar-refractivity contribution in [3.8, 4) is 0 Å². The molecule has 0 unspecified atom stereocenters. The minimum atomic E-state index is -0.245. The van der Waals surface area contributed by atoms with E-state index in [0.29, 0.717) is 11.4 Å². The molecule has 1 aromatic heterocycles. The van der Waals surface area contributed by atoms with Crippen molar-refractivity contribution >= 4 is 11.0 Å². The van der Waals surface area contributed by atoms with Crippen LogP contribution in [0.5, 0.6) is 0 Å². The van der Waals surface area contributed by atoms with Gasteiger partial charge in [-0.15, -0.1) is 0 Å². The second-order valence-electron chi connectivity index (χ2n) is 5.52. The number of aromatic amines is 1. The average Bonchev–Trinajstić information content (AvgIpc) is 2.85. The van der Waals surface area contributed by atoms with Gasteiger partial charge < -0.3 is 9.88 Å². The second-order valence-corrected chi connectivity index (χ2v) is 5.52. The molecule has 19 heavy (non-hydrogen) atoms. The summed E-state index contributed by atoms with van der Waals surface area (Å²) in [6, 6.07) is 5.06. The summed E-state index contributed by atoms with van der Waals surface area (Å²) in [4.78, 5) is 10.2. The Morgan fingerprint density at radius 3 is 2.84 bits per heavy atom. The molecule has 1 aliphatic rings. The molecule has 1 saturated heterocycles. The highest BCUT2D eigenvalue weighted by atomic mass is 19.1. The Morgan fingerprint density at radius 2 is 2.11 bits per heavy atom. The maximum absolute atomic E-state index is 13.6. The number of hydrogen-bond donors (Lipinski definition) is 1. The van der Waals surface area contributed by atoms with Gasteiger partial charge in [-0.2, -0.15) is 0 Å². The number of para-hydroxylation sites is 1. The molecule has 0 amide bonds. The normalized spacial score (nSPS) is 18.8. The fraction of sp³-hybridized carbons (Fsp3) is 0.533. The van der Waals surface area contributed by atoms with Gasteiger partial charge in [0.25, 0.3) is 0 Å². The van der Waals surface area contributed by atoms with Crippen molar-refractivity contribution in [1.82, 2.24) is 14.9 Å². The molecule has 0 saturated carbocycles. The lowest BCUT2D eigenvalue weighted by molar-refractivity contribution is 0.217. The van der Waals surface area contributed by atoms with E-state index in [1.54, 1.807) is 6.07 Å². The topological polar surface area (TPSA) is 31.9 Å². The minimum absolute atomic E-state index is 0.245. The van der Waals surface area contributed by atoms with E-state index in [0.717, 1.165) is 17.9 Å². The first-order valence-corrected chi connectivity index (χ1v) is 7.10. The van der Waals surface area contributed by atoms with Gasteiger partial charge in [0.05, 0.1) is 5.52 Å². The van der Waals surface area contributed by atoms with Crippen LogP contribution >= 0.6 is 0 Å². The summed E-state index contributed by atoms with van der Waals surface area (Å²) in [5, 5.41) is 0. The molecule has 1 atom stereocenters. The summed E-state index contributed by atoms with van der Waals surface area (Å²) >= 11 is 0. The van der Waals surface area contributed by atoms with Gasteiger partial charge >= 0.3 is 0 Å². The highest BCUT2D eigenvalue weighted by molar-refractivity contribution is 5.75. The van der Waals surface area contributed by atoms with Gasteiger partial charge in [0.2, 0.25) is 0 Å². The Kier molecular flexibility index (Phi) is 3.51. The van der Waals surface area contributed by atoms with Crippen LogP contribution in [0, 0.1) is 5.82 Å². The number of H-pyrrole nitrogens is 1. The van der Waals surface area contributed by atoms with Gasteiger partial charge in [-0.1, -0.05) is 19.4 Å². The smallest absolute Gasteiger partial charge is 0.151 e. The summed E-state index contributed by atoms with van der Waals surface area (Å²) in [5.41, 5.74) is 1.25. The lowest BCUT2D eigenvalue weighted by atomic mass is 10.1. The number of nitrogens with one attached hydrogen (secondary N) is 1. The zero-order valence-corrected chi connectivity index (χ0v) is 11.3. The van der Waals surface area contributed by atoms with Crippen molar-refractivity contribution in [3.63, 3.8) is 0 Å². The van der Waals surface area contributed by atoms with E-state index in [9.17, 15) is 4.39 Å². The Labute approximate surface area is 112 Å². The molecule has 1 fully saturated rings. The van der Waals surface area contributed by atoms with Crippen molar-refractivity contribution in [1.29, 1.82) is 0 Å². The van der Waals surface area contributed by atoms with Crippen LogP contribution in [-0.2, 0) is 0 Å². The molecule has 0 aliphatic carbocycles. The predicted molar refractivity (Wildman–Crippen MR) is 74.8 cm³/mol. The molecule has 102 valence electrons. The lowest BCUT2D eigenvalue weighted by Crippen LogP contribution is -2.33. The SMILES string of the molecule is C[C@H](CN1CCCCC1)c1nc2c(F)cccc2[nH]1. The van der Waals surface area contributed by atoms with Crippen molar-refractivity contribution in [2.75, 3.05) is 19.6 Å². The third-order valence-corrected chi connectivity index (χ3v) is 3.93. The number of benzene rings is 1. The van der Waals surface area contributed by atoms with Crippen LogP contribution in [0.25, 0.3) is 11.0 Å². The van der Waals surface area contributed by atoms with Crippen LogP contribution < -0.4 is 0 Å². The van der Waals surface area contributed by atoms with Gasteiger partial charge in [-0.05, 0) is 38.1 Å². The molecule has 2 aromatic rings. The molecule has 1 aliphatic heterocycles. The van der Waals surface area contributed by atoms with E-state index in [4.69, 9.17) is 0 Å². The molecule has 0 bridgehead atoms. The molecular formula is C15H20FN3. The molecule has 3 rings (SSSR count). The number of imidazole rings is 1. The maximum atomic E-state index is 13.6. The Balaban J connectivity index is 1.77. The lowest BCUT2D eigenvalue weighted by Gasteiger charge is -2.28. The quantitative estimate of drug-likeness (QED) is 0.919. The van der Waals surface area contributed by atoms with Gasteiger partial charge in [0.1, 0.15) is 11.3 Å². The fourth-order valence-corrected chi connectivity index (χ4v) is 2.87. The van der Waals surface area contributed by atoms with Crippen molar-refractivity contribution in [3.05, 3.63) is 29.8 Å². The number of piperidine rings is 1. The van der Waals surface area contributed by atoms with Gasteiger partial charge in [-0.25, -0.2) is 9.37 Å². The summed E-state index contributed by atoms with van der Waals surface area (Å²) in [6.45, 7) is 5.52. The van der Waals surface area contributed by atoms with Crippen LogP contribution in [0.15, 0.2) is 18.2 Å². The molecule has 2 heterocycles. The minimum Gasteiger partial charge on any atom is -0.342 e. The zero-order chi connectivity index (χ0) is 13.2. The summed E-state index contributed by atoms with van der Waals surface area (Å²) in [5.74, 6) is 0.959. The van der Waals surface area contributed by atoms with Crippen LogP contribution in [0.4, 0.5) is 4.39 Å². The zero-order valence-electron chi connectivity index (χ0n) is 11.3. The predicted octanol–water partition coefficient (Wildman–Crippen LogP) is 3.29. The fourth-order valence-electron chi connectivity index (χ4n) is 2.87.